The first-order valence-electron chi connectivity index (χ1n) is 5.87. The zero-order valence-electron chi connectivity index (χ0n) is 9.74. The molecule has 2 aliphatic heterocycles. The molecule has 4 nitrogen and oxygen atoms in total. The molecule has 0 radical (unpaired) electrons. The van der Waals surface area contributed by atoms with Crippen LogP contribution in [-0.4, -0.2) is 55.5 Å². The molecule has 0 bridgehead atoms. The lowest BCUT2D eigenvalue weighted by molar-refractivity contribution is -0.0771. The smallest absolute Gasteiger partial charge is 0.0743 e. The summed E-state index contributed by atoms with van der Waals surface area (Å²) >= 11 is 0. The van der Waals surface area contributed by atoms with Crippen molar-refractivity contribution in [1.29, 1.82) is 0 Å². The van der Waals surface area contributed by atoms with Gasteiger partial charge in [0.2, 0.25) is 0 Å². The average molecular weight is 214 g/mol. The third-order valence-corrected chi connectivity index (χ3v) is 3.88. The summed E-state index contributed by atoms with van der Waals surface area (Å²) in [5, 5.41) is 0. The van der Waals surface area contributed by atoms with Crippen LogP contribution in [0, 0.1) is 0 Å². The van der Waals surface area contributed by atoms with Gasteiger partial charge in [-0.25, -0.2) is 0 Å². The van der Waals surface area contributed by atoms with Crippen LogP contribution in [-0.2, 0) is 9.47 Å². The van der Waals surface area contributed by atoms with E-state index in [1.54, 1.807) is 0 Å². The highest BCUT2D eigenvalue weighted by Gasteiger charge is 2.46. The van der Waals surface area contributed by atoms with Crippen molar-refractivity contribution in [3.8, 4) is 0 Å². The molecule has 15 heavy (non-hydrogen) atoms. The number of hydrogen-bond acceptors (Lipinski definition) is 4. The van der Waals surface area contributed by atoms with E-state index in [1.807, 2.05) is 0 Å². The molecule has 0 spiro atoms. The van der Waals surface area contributed by atoms with Crippen molar-refractivity contribution in [3.63, 3.8) is 0 Å². The van der Waals surface area contributed by atoms with Crippen LogP contribution in [0.3, 0.4) is 0 Å². The van der Waals surface area contributed by atoms with Gasteiger partial charge in [0.25, 0.3) is 0 Å². The Morgan fingerprint density at radius 2 is 2.13 bits per heavy atom. The Morgan fingerprint density at radius 3 is 2.67 bits per heavy atom. The molecule has 0 aromatic rings. The number of morpholine rings is 1. The van der Waals surface area contributed by atoms with Crippen LogP contribution in [0.25, 0.3) is 0 Å². The molecule has 4 heteroatoms. The molecule has 3 unspecified atom stereocenters. The molecule has 2 heterocycles. The summed E-state index contributed by atoms with van der Waals surface area (Å²) in [7, 11) is 0. The summed E-state index contributed by atoms with van der Waals surface area (Å²) in [5.74, 6) is 0. The molecule has 0 aliphatic carbocycles. The lowest BCUT2D eigenvalue weighted by Gasteiger charge is -2.45. The Morgan fingerprint density at radius 1 is 1.33 bits per heavy atom. The second-order valence-electron chi connectivity index (χ2n) is 4.70. The van der Waals surface area contributed by atoms with Gasteiger partial charge in [0.05, 0.1) is 24.4 Å². The van der Waals surface area contributed by atoms with Crippen LogP contribution in [0.2, 0.25) is 0 Å². The second-order valence-corrected chi connectivity index (χ2v) is 4.70. The zero-order valence-corrected chi connectivity index (χ0v) is 9.74. The van der Waals surface area contributed by atoms with Gasteiger partial charge in [-0.3, -0.25) is 4.90 Å². The fourth-order valence-corrected chi connectivity index (χ4v) is 2.81. The predicted octanol–water partition coefficient (Wildman–Crippen LogP) is 0.213. The number of nitrogens with two attached hydrogens (primary N) is 1. The van der Waals surface area contributed by atoms with E-state index in [2.05, 4.69) is 18.7 Å². The van der Waals surface area contributed by atoms with Crippen LogP contribution in [0.15, 0.2) is 0 Å². The molecular formula is C11H22N2O2. The Labute approximate surface area is 91.7 Å². The SMILES string of the molecule is CC1CN(C2(CN)CCOC2C)CCO1. The molecule has 2 rings (SSSR count). The van der Waals surface area contributed by atoms with Gasteiger partial charge in [0.15, 0.2) is 0 Å². The van der Waals surface area contributed by atoms with E-state index in [-0.39, 0.29) is 11.6 Å². The monoisotopic (exact) mass is 214 g/mol. The molecule has 0 amide bonds. The van der Waals surface area contributed by atoms with E-state index < -0.39 is 0 Å². The summed E-state index contributed by atoms with van der Waals surface area (Å²) < 4.78 is 11.3. The fourth-order valence-electron chi connectivity index (χ4n) is 2.81. The van der Waals surface area contributed by atoms with Crippen molar-refractivity contribution in [2.24, 2.45) is 5.73 Å². The third-order valence-electron chi connectivity index (χ3n) is 3.88. The first kappa shape index (κ1) is 11.3. The van der Waals surface area contributed by atoms with Gasteiger partial charge in [-0.1, -0.05) is 0 Å². The number of nitrogens with zero attached hydrogens (tertiary/aromatic N) is 1. The van der Waals surface area contributed by atoms with Gasteiger partial charge in [-0.05, 0) is 20.3 Å². The highest BCUT2D eigenvalue weighted by Crippen LogP contribution is 2.32. The number of hydrogen-bond donors (Lipinski definition) is 1. The summed E-state index contributed by atoms with van der Waals surface area (Å²) in [4.78, 5) is 2.47. The maximum atomic E-state index is 5.97. The van der Waals surface area contributed by atoms with Crippen LogP contribution in [0.4, 0.5) is 0 Å². The van der Waals surface area contributed by atoms with Gasteiger partial charge >= 0.3 is 0 Å². The molecule has 2 saturated heterocycles. The summed E-state index contributed by atoms with van der Waals surface area (Å²) in [6.07, 6.45) is 1.61. The molecule has 88 valence electrons. The minimum atomic E-state index is 0.0536. The first-order valence-corrected chi connectivity index (χ1v) is 5.87. The first-order chi connectivity index (χ1) is 7.19. The molecular weight excluding hydrogens is 192 g/mol. The van der Waals surface area contributed by atoms with E-state index in [1.165, 1.54) is 0 Å². The fraction of sp³-hybridized carbons (Fsp3) is 1.00. The van der Waals surface area contributed by atoms with Crippen molar-refractivity contribution < 1.29 is 9.47 Å². The maximum Gasteiger partial charge on any atom is 0.0743 e. The quantitative estimate of drug-likeness (QED) is 0.714. The van der Waals surface area contributed by atoms with Crippen LogP contribution < -0.4 is 5.73 Å². The average Bonchev–Trinajstić information content (AvgIpc) is 2.61. The van der Waals surface area contributed by atoms with Gasteiger partial charge in [-0.2, -0.15) is 0 Å². The third kappa shape index (κ3) is 1.91. The standard InChI is InChI=1S/C11H22N2O2/c1-9-7-13(4-6-14-9)11(8-12)3-5-15-10(11)2/h9-10H,3-8,12H2,1-2H3. The van der Waals surface area contributed by atoms with E-state index in [9.17, 15) is 0 Å². The molecule has 2 aliphatic rings. The Kier molecular flexibility index (Phi) is 3.30. The Bertz CT molecular complexity index is 225. The van der Waals surface area contributed by atoms with Crippen molar-refractivity contribution in [1.82, 2.24) is 4.90 Å². The zero-order chi connectivity index (χ0) is 10.9. The van der Waals surface area contributed by atoms with Crippen molar-refractivity contribution >= 4 is 0 Å². The minimum Gasteiger partial charge on any atom is -0.376 e. The summed E-state index contributed by atoms with van der Waals surface area (Å²) in [6, 6.07) is 0. The lowest BCUT2D eigenvalue weighted by atomic mass is 9.89. The van der Waals surface area contributed by atoms with E-state index in [0.717, 1.165) is 32.7 Å². The van der Waals surface area contributed by atoms with Crippen molar-refractivity contribution in [2.75, 3.05) is 32.8 Å². The normalized spacial score (nSPS) is 43.4. The Balaban J connectivity index is 2.11. The topological polar surface area (TPSA) is 47.7 Å². The van der Waals surface area contributed by atoms with Gasteiger partial charge in [0, 0.05) is 26.2 Å². The van der Waals surface area contributed by atoms with Crippen LogP contribution in [0.1, 0.15) is 20.3 Å². The largest absolute Gasteiger partial charge is 0.376 e. The molecule has 2 N–H and O–H groups in total. The van der Waals surface area contributed by atoms with Crippen molar-refractivity contribution in [2.45, 2.75) is 38.0 Å². The minimum absolute atomic E-state index is 0.0536. The molecule has 0 aromatic heterocycles. The highest BCUT2D eigenvalue weighted by atomic mass is 16.5. The highest BCUT2D eigenvalue weighted by molar-refractivity contribution is 5.01. The predicted molar refractivity (Wildman–Crippen MR) is 58.8 cm³/mol. The maximum absolute atomic E-state index is 5.97. The van der Waals surface area contributed by atoms with E-state index >= 15 is 0 Å². The Hall–Kier alpha value is -0.160. The molecule has 3 atom stereocenters. The summed E-state index contributed by atoms with van der Waals surface area (Å²) in [5.41, 5.74) is 6.03. The van der Waals surface area contributed by atoms with Crippen LogP contribution >= 0.6 is 0 Å². The molecule has 0 saturated carbocycles. The number of ether oxygens (including phenoxy) is 2. The van der Waals surface area contributed by atoms with Gasteiger partial charge in [-0.15, -0.1) is 0 Å². The molecule has 2 fully saturated rings. The lowest BCUT2D eigenvalue weighted by Crippen LogP contribution is -2.62. The van der Waals surface area contributed by atoms with Gasteiger partial charge in [0.1, 0.15) is 0 Å². The van der Waals surface area contributed by atoms with E-state index in [0.29, 0.717) is 12.6 Å². The van der Waals surface area contributed by atoms with Gasteiger partial charge < -0.3 is 15.2 Å². The van der Waals surface area contributed by atoms with Crippen molar-refractivity contribution in [3.05, 3.63) is 0 Å². The van der Waals surface area contributed by atoms with Crippen LogP contribution in [0.5, 0.6) is 0 Å². The van der Waals surface area contributed by atoms with E-state index in [4.69, 9.17) is 15.2 Å². The number of rotatable bonds is 2. The second kappa shape index (κ2) is 4.37. The molecule has 0 aromatic carbocycles. The summed E-state index contributed by atoms with van der Waals surface area (Å²) in [6.45, 7) is 8.55.